The van der Waals surface area contributed by atoms with E-state index in [0.717, 1.165) is 17.4 Å². The van der Waals surface area contributed by atoms with Crippen molar-refractivity contribution < 1.29 is 31.1 Å². The van der Waals surface area contributed by atoms with E-state index in [1.54, 1.807) is 11.8 Å². The van der Waals surface area contributed by atoms with E-state index >= 15 is 0 Å². The highest BCUT2D eigenvalue weighted by Gasteiger charge is 2.49. The van der Waals surface area contributed by atoms with E-state index in [2.05, 4.69) is 10.6 Å². The van der Waals surface area contributed by atoms with Gasteiger partial charge in [0.15, 0.2) is 0 Å². The Balaban J connectivity index is 1.87. The molecule has 0 unspecified atom stereocenters. The van der Waals surface area contributed by atoms with Crippen molar-refractivity contribution >= 4 is 17.7 Å². The zero-order valence-electron chi connectivity index (χ0n) is 19.5. The fourth-order valence-electron chi connectivity index (χ4n) is 3.68. The van der Waals surface area contributed by atoms with Crippen LogP contribution in [0.2, 0.25) is 0 Å². The maximum Gasteiger partial charge on any atom is 0.407 e. The molecule has 1 aliphatic rings. The standard InChI is InChI=1S/C25H25F6N3OS/c1-15(24(26,27)28)13-20(22(35)34-23(14-32)11-12-23)33-21(25(29,30)31)18-5-3-16(4-6-18)17-7-9-19(36-2)10-8-17/h3-10,15,20-21,33H,11-13H2,1-2H3,(H,34,35)/t15-,20-,21-/m0/s1. The average molecular weight is 530 g/mol. The van der Waals surface area contributed by atoms with Crippen molar-refractivity contribution in [3.8, 4) is 17.2 Å². The molecule has 0 bridgehead atoms. The summed E-state index contributed by atoms with van der Waals surface area (Å²) in [5.74, 6) is -3.11. The van der Waals surface area contributed by atoms with Crippen LogP contribution in [-0.4, -0.2) is 36.1 Å². The van der Waals surface area contributed by atoms with Crippen molar-refractivity contribution in [2.75, 3.05) is 6.26 Å². The van der Waals surface area contributed by atoms with E-state index in [9.17, 15) is 36.4 Å². The second-order valence-electron chi connectivity index (χ2n) is 8.91. The number of thioether (sulfide) groups is 1. The smallest absolute Gasteiger partial charge is 0.336 e. The number of rotatable bonds is 9. The molecule has 3 rings (SSSR count). The highest BCUT2D eigenvalue weighted by atomic mass is 32.2. The first-order chi connectivity index (χ1) is 16.8. The lowest BCUT2D eigenvalue weighted by Crippen LogP contribution is -2.52. The molecule has 0 aromatic heterocycles. The summed E-state index contributed by atoms with van der Waals surface area (Å²) in [7, 11) is 0. The van der Waals surface area contributed by atoms with Gasteiger partial charge in [0.05, 0.1) is 18.0 Å². The summed E-state index contributed by atoms with van der Waals surface area (Å²) in [5.41, 5.74) is -0.0269. The van der Waals surface area contributed by atoms with Gasteiger partial charge in [0, 0.05) is 4.90 Å². The molecule has 0 aliphatic heterocycles. The number of nitrogens with one attached hydrogen (secondary N) is 2. The van der Waals surface area contributed by atoms with Crippen molar-refractivity contribution in [2.45, 2.75) is 61.1 Å². The highest BCUT2D eigenvalue weighted by Crippen LogP contribution is 2.38. The van der Waals surface area contributed by atoms with Crippen LogP contribution in [0.3, 0.4) is 0 Å². The van der Waals surface area contributed by atoms with Gasteiger partial charge < -0.3 is 5.32 Å². The molecular weight excluding hydrogens is 504 g/mol. The van der Waals surface area contributed by atoms with Crippen LogP contribution in [0.5, 0.6) is 0 Å². The van der Waals surface area contributed by atoms with Crippen LogP contribution < -0.4 is 10.6 Å². The Hall–Kier alpha value is -2.71. The molecule has 1 aliphatic carbocycles. The van der Waals surface area contributed by atoms with E-state index in [-0.39, 0.29) is 5.56 Å². The lowest BCUT2D eigenvalue weighted by Gasteiger charge is -2.30. The summed E-state index contributed by atoms with van der Waals surface area (Å²) < 4.78 is 81.8. The fourth-order valence-corrected chi connectivity index (χ4v) is 4.09. The summed E-state index contributed by atoms with van der Waals surface area (Å²) in [5, 5.41) is 13.6. The van der Waals surface area contributed by atoms with Crippen LogP contribution in [0.25, 0.3) is 11.1 Å². The molecule has 2 aromatic carbocycles. The third-order valence-corrected chi connectivity index (χ3v) is 6.90. The third-order valence-electron chi connectivity index (χ3n) is 6.15. The quantitative estimate of drug-likeness (QED) is 0.292. The number of amides is 1. The minimum absolute atomic E-state index is 0.245. The second kappa shape index (κ2) is 10.7. The largest absolute Gasteiger partial charge is 0.407 e. The first-order valence-electron chi connectivity index (χ1n) is 11.1. The number of alkyl halides is 6. The van der Waals surface area contributed by atoms with Gasteiger partial charge >= 0.3 is 12.4 Å². The Labute approximate surface area is 209 Å². The molecule has 1 amide bonds. The summed E-state index contributed by atoms with van der Waals surface area (Å²) in [4.78, 5) is 13.8. The molecular formula is C25H25F6N3OS. The van der Waals surface area contributed by atoms with Crippen LogP contribution in [0.4, 0.5) is 26.3 Å². The molecule has 0 saturated heterocycles. The van der Waals surface area contributed by atoms with Crippen LogP contribution in [-0.2, 0) is 4.79 Å². The minimum Gasteiger partial charge on any atom is -0.336 e. The van der Waals surface area contributed by atoms with Gasteiger partial charge in [0.1, 0.15) is 11.6 Å². The number of carbonyl (C=O) groups is 1. The SMILES string of the molecule is CSc1ccc(-c2ccc([C@H](N[C@@H](C[C@H](C)C(F)(F)F)C(=O)NC3(C#N)CC3)C(F)(F)F)cc2)cc1. The molecule has 2 N–H and O–H groups in total. The number of nitriles is 1. The Morgan fingerprint density at radius 3 is 1.94 bits per heavy atom. The van der Waals surface area contributed by atoms with Gasteiger partial charge in [0.25, 0.3) is 0 Å². The molecule has 1 saturated carbocycles. The van der Waals surface area contributed by atoms with Crippen LogP contribution >= 0.6 is 11.8 Å². The van der Waals surface area contributed by atoms with Gasteiger partial charge in [-0.25, -0.2) is 0 Å². The van der Waals surface area contributed by atoms with Crippen molar-refractivity contribution in [2.24, 2.45) is 5.92 Å². The lowest BCUT2D eigenvalue weighted by atomic mass is 9.96. The van der Waals surface area contributed by atoms with E-state index in [1.165, 1.54) is 24.3 Å². The van der Waals surface area contributed by atoms with Gasteiger partial charge in [-0.2, -0.15) is 31.6 Å². The van der Waals surface area contributed by atoms with E-state index in [1.807, 2.05) is 36.6 Å². The van der Waals surface area contributed by atoms with Crippen LogP contribution in [0.1, 0.15) is 37.8 Å². The van der Waals surface area contributed by atoms with Crippen molar-refractivity contribution in [3.63, 3.8) is 0 Å². The fraction of sp³-hybridized carbons (Fsp3) is 0.440. The molecule has 3 atom stereocenters. The number of hydrogen-bond donors (Lipinski definition) is 2. The maximum atomic E-state index is 14.1. The summed E-state index contributed by atoms with van der Waals surface area (Å²) >= 11 is 1.55. The van der Waals surface area contributed by atoms with Crippen LogP contribution in [0.15, 0.2) is 53.4 Å². The van der Waals surface area contributed by atoms with Crippen molar-refractivity contribution in [3.05, 3.63) is 54.1 Å². The minimum atomic E-state index is -4.89. The molecule has 4 nitrogen and oxygen atoms in total. The molecule has 1 fully saturated rings. The molecule has 11 heteroatoms. The van der Waals surface area contributed by atoms with Gasteiger partial charge in [0.2, 0.25) is 5.91 Å². The third kappa shape index (κ3) is 6.95. The Morgan fingerprint density at radius 1 is 1.00 bits per heavy atom. The molecule has 2 aromatic rings. The number of hydrogen-bond acceptors (Lipinski definition) is 4. The summed E-state index contributed by atoms with van der Waals surface area (Å²) in [6.45, 7) is 0.804. The first-order valence-corrected chi connectivity index (χ1v) is 12.4. The van der Waals surface area contributed by atoms with Gasteiger partial charge in [-0.3, -0.25) is 10.1 Å². The Morgan fingerprint density at radius 2 is 1.53 bits per heavy atom. The monoisotopic (exact) mass is 529 g/mol. The molecule has 0 radical (unpaired) electrons. The van der Waals surface area contributed by atoms with E-state index < -0.39 is 48.2 Å². The van der Waals surface area contributed by atoms with Crippen molar-refractivity contribution in [1.82, 2.24) is 10.6 Å². The molecule has 194 valence electrons. The summed E-state index contributed by atoms with van der Waals surface area (Å²) in [6.07, 6.45) is -8.01. The predicted molar refractivity (Wildman–Crippen MR) is 125 cm³/mol. The maximum absolute atomic E-state index is 14.1. The summed E-state index contributed by atoms with van der Waals surface area (Å²) in [6, 6.07) is 10.5. The van der Waals surface area contributed by atoms with Gasteiger partial charge in [-0.05, 0) is 54.3 Å². The number of carbonyl (C=O) groups excluding carboxylic acids is 1. The predicted octanol–water partition coefficient (Wildman–Crippen LogP) is 6.40. The molecule has 0 spiro atoms. The van der Waals surface area contributed by atoms with E-state index in [4.69, 9.17) is 0 Å². The van der Waals surface area contributed by atoms with Gasteiger partial charge in [-0.15, -0.1) is 11.8 Å². The average Bonchev–Trinajstić information content (AvgIpc) is 3.60. The van der Waals surface area contributed by atoms with Crippen molar-refractivity contribution in [1.29, 1.82) is 5.26 Å². The Bertz CT molecular complexity index is 1090. The van der Waals surface area contributed by atoms with Crippen LogP contribution in [0, 0.1) is 17.2 Å². The lowest BCUT2D eigenvalue weighted by molar-refractivity contribution is -0.177. The molecule has 36 heavy (non-hydrogen) atoms. The first kappa shape index (κ1) is 27.9. The number of halogens is 6. The topological polar surface area (TPSA) is 64.9 Å². The second-order valence-corrected chi connectivity index (χ2v) is 9.79. The number of benzene rings is 2. The van der Waals surface area contributed by atoms with E-state index in [0.29, 0.717) is 18.4 Å². The zero-order valence-corrected chi connectivity index (χ0v) is 20.3. The normalized spacial score (nSPS) is 17.5. The van der Waals surface area contributed by atoms with Gasteiger partial charge in [-0.1, -0.05) is 43.3 Å². The molecule has 0 heterocycles. The highest BCUT2D eigenvalue weighted by molar-refractivity contribution is 7.98. The number of nitrogens with zero attached hydrogens (tertiary/aromatic N) is 1. The zero-order chi connectivity index (χ0) is 26.7. The Kier molecular flexibility index (Phi) is 8.30.